The lowest BCUT2D eigenvalue weighted by molar-refractivity contribution is 0.112. The third-order valence-electron chi connectivity index (χ3n) is 1.83. The Hall–Kier alpha value is -1.41. The van der Waals surface area contributed by atoms with Crippen LogP contribution < -0.4 is 0 Å². The van der Waals surface area contributed by atoms with Crippen LogP contribution in [0.15, 0.2) is 30.5 Å². The average molecular weight is 192 g/mol. The number of halogens is 1. The van der Waals surface area contributed by atoms with Crippen LogP contribution in [-0.2, 0) is 0 Å². The first-order valence-electron chi connectivity index (χ1n) is 3.81. The van der Waals surface area contributed by atoms with Gasteiger partial charge in [0.25, 0.3) is 0 Å². The van der Waals surface area contributed by atoms with E-state index in [2.05, 4.69) is 4.98 Å². The maximum atomic E-state index is 10.7. The van der Waals surface area contributed by atoms with Gasteiger partial charge in [-0.25, -0.2) is 0 Å². The second-order valence-electron chi connectivity index (χ2n) is 2.69. The summed E-state index contributed by atoms with van der Waals surface area (Å²) in [6.45, 7) is 0. The van der Waals surface area contributed by atoms with Crippen molar-refractivity contribution in [2.45, 2.75) is 0 Å². The zero-order chi connectivity index (χ0) is 9.26. The van der Waals surface area contributed by atoms with E-state index in [1.165, 1.54) is 0 Å². The Morgan fingerprint density at radius 2 is 2.23 bits per heavy atom. The molecule has 3 heteroatoms. The van der Waals surface area contributed by atoms with Gasteiger partial charge in [-0.05, 0) is 18.2 Å². The molecular formula is C10H6ClNO. The van der Waals surface area contributed by atoms with Crippen LogP contribution in [0.25, 0.3) is 10.9 Å². The highest BCUT2D eigenvalue weighted by atomic mass is 35.5. The van der Waals surface area contributed by atoms with E-state index in [1.807, 2.05) is 12.1 Å². The molecule has 0 saturated carbocycles. The predicted molar refractivity (Wildman–Crippen MR) is 52.1 cm³/mol. The molecule has 0 spiro atoms. The van der Waals surface area contributed by atoms with Gasteiger partial charge in [0, 0.05) is 22.2 Å². The minimum atomic E-state index is 0.531. The van der Waals surface area contributed by atoms with Gasteiger partial charge in [0.15, 0.2) is 6.29 Å². The van der Waals surface area contributed by atoms with Crippen LogP contribution in [0.5, 0.6) is 0 Å². The standard InChI is InChI=1S/C10H6ClNO/c11-9-4-7-2-1-3-12-10(7)8(5-9)6-13/h1-6H. The van der Waals surface area contributed by atoms with E-state index in [9.17, 15) is 4.79 Å². The fourth-order valence-corrected chi connectivity index (χ4v) is 1.51. The zero-order valence-corrected chi connectivity index (χ0v) is 7.45. The highest BCUT2D eigenvalue weighted by Gasteiger charge is 2.02. The van der Waals surface area contributed by atoms with E-state index in [-0.39, 0.29) is 0 Å². The van der Waals surface area contributed by atoms with Crippen LogP contribution in [0.2, 0.25) is 5.02 Å². The molecule has 0 atom stereocenters. The summed E-state index contributed by atoms with van der Waals surface area (Å²) >= 11 is 5.82. The van der Waals surface area contributed by atoms with Crippen molar-refractivity contribution < 1.29 is 4.79 Å². The van der Waals surface area contributed by atoms with Crippen LogP contribution in [0, 0.1) is 0 Å². The summed E-state index contributed by atoms with van der Waals surface area (Å²) in [5.74, 6) is 0. The van der Waals surface area contributed by atoms with Gasteiger partial charge in [-0.1, -0.05) is 17.7 Å². The fraction of sp³-hybridized carbons (Fsp3) is 0. The third-order valence-corrected chi connectivity index (χ3v) is 2.04. The number of benzene rings is 1. The van der Waals surface area contributed by atoms with Gasteiger partial charge < -0.3 is 0 Å². The van der Waals surface area contributed by atoms with Crippen molar-refractivity contribution in [2.24, 2.45) is 0 Å². The molecule has 2 nitrogen and oxygen atoms in total. The molecule has 0 radical (unpaired) electrons. The minimum absolute atomic E-state index is 0.531. The van der Waals surface area contributed by atoms with Crippen molar-refractivity contribution in [2.75, 3.05) is 0 Å². The molecule has 0 amide bonds. The maximum absolute atomic E-state index is 10.7. The van der Waals surface area contributed by atoms with Crippen LogP contribution in [-0.4, -0.2) is 11.3 Å². The number of carbonyl (C=O) groups is 1. The first-order chi connectivity index (χ1) is 6.31. The molecule has 0 saturated heterocycles. The van der Waals surface area contributed by atoms with Crippen LogP contribution in [0.1, 0.15) is 10.4 Å². The minimum Gasteiger partial charge on any atom is -0.298 e. The number of pyridine rings is 1. The number of rotatable bonds is 1. The molecule has 0 aliphatic heterocycles. The molecule has 64 valence electrons. The zero-order valence-electron chi connectivity index (χ0n) is 6.70. The van der Waals surface area contributed by atoms with Crippen LogP contribution in [0.3, 0.4) is 0 Å². The lowest BCUT2D eigenvalue weighted by Crippen LogP contribution is -1.86. The van der Waals surface area contributed by atoms with Gasteiger partial charge in [0.2, 0.25) is 0 Å². The Bertz CT molecular complexity index is 467. The topological polar surface area (TPSA) is 30.0 Å². The van der Waals surface area contributed by atoms with Crippen LogP contribution >= 0.6 is 11.6 Å². The third kappa shape index (κ3) is 1.40. The summed E-state index contributed by atoms with van der Waals surface area (Å²) in [6.07, 6.45) is 2.42. The van der Waals surface area contributed by atoms with Crippen molar-refractivity contribution in [3.8, 4) is 0 Å². The molecule has 0 bridgehead atoms. The SMILES string of the molecule is O=Cc1cc(Cl)cc2cccnc12. The largest absolute Gasteiger partial charge is 0.298 e. The first-order valence-corrected chi connectivity index (χ1v) is 4.18. The van der Waals surface area contributed by atoms with E-state index < -0.39 is 0 Å². The van der Waals surface area contributed by atoms with Gasteiger partial charge in [-0.15, -0.1) is 0 Å². The second kappa shape index (κ2) is 3.15. The molecule has 1 heterocycles. The van der Waals surface area contributed by atoms with E-state index in [4.69, 9.17) is 11.6 Å². The number of hydrogen-bond donors (Lipinski definition) is 0. The highest BCUT2D eigenvalue weighted by molar-refractivity contribution is 6.31. The van der Waals surface area contributed by atoms with Gasteiger partial charge in [0.1, 0.15) is 0 Å². The van der Waals surface area contributed by atoms with Gasteiger partial charge in [0.05, 0.1) is 5.52 Å². The van der Waals surface area contributed by atoms with Gasteiger partial charge >= 0.3 is 0 Å². The van der Waals surface area contributed by atoms with E-state index >= 15 is 0 Å². The highest BCUT2D eigenvalue weighted by Crippen LogP contribution is 2.20. The maximum Gasteiger partial charge on any atom is 0.152 e. The Balaban J connectivity index is 2.89. The smallest absolute Gasteiger partial charge is 0.152 e. The number of nitrogens with zero attached hydrogens (tertiary/aromatic N) is 1. The van der Waals surface area contributed by atoms with Crippen molar-refractivity contribution >= 4 is 28.8 Å². The number of hydrogen-bond acceptors (Lipinski definition) is 2. The Labute approximate surface area is 80.2 Å². The first kappa shape index (κ1) is 8.20. The number of aromatic nitrogens is 1. The van der Waals surface area contributed by atoms with Crippen molar-refractivity contribution in [3.05, 3.63) is 41.0 Å². The molecular weight excluding hydrogens is 186 g/mol. The van der Waals surface area contributed by atoms with Crippen molar-refractivity contribution in [1.29, 1.82) is 0 Å². The Morgan fingerprint density at radius 3 is 3.00 bits per heavy atom. The molecule has 0 N–H and O–H groups in total. The normalized spacial score (nSPS) is 10.2. The summed E-state index contributed by atoms with van der Waals surface area (Å²) in [7, 11) is 0. The molecule has 2 aromatic rings. The molecule has 0 aliphatic rings. The van der Waals surface area contributed by atoms with Gasteiger partial charge in [-0.2, -0.15) is 0 Å². The summed E-state index contributed by atoms with van der Waals surface area (Å²) in [5, 5.41) is 1.44. The van der Waals surface area contributed by atoms with Gasteiger partial charge in [-0.3, -0.25) is 9.78 Å². The molecule has 2 rings (SSSR count). The summed E-state index contributed by atoms with van der Waals surface area (Å²) < 4.78 is 0. The number of aldehydes is 1. The number of carbonyl (C=O) groups excluding carboxylic acids is 1. The lowest BCUT2D eigenvalue weighted by Gasteiger charge is -1.99. The molecule has 0 aliphatic carbocycles. The molecule has 13 heavy (non-hydrogen) atoms. The Morgan fingerprint density at radius 1 is 1.38 bits per heavy atom. The second-order valence-corrected chi connectivity index (χ2v) is 3.12. The lowest BCUT2D eigenvalue weighted by atomic mass is 10.1. The average Bonchev–Trinajstić information content (AvgIpc) is 2.16. The number of fused-ring (bicyclic) bond motifs is 1. The van der Waals surface area contributed by atoms with Crippen molar-refractivity contribution in [3.63, 3.8) is 0 Å². The van der Waals surface area contributed by atoms with E-state index in [1.54, 1.807) is 18.3 Å². The Kier molecular flexibility index (Phi) is 1.99. The monoisotopic (exact) mass is 191 g/mol. The molecule has 0 unspecified atom stereocenters. The quantitative estimate of drug-likeness (QED) is 0.649. The van der Waals surface area contributed by atoms with E-state index in [0.29, 0.717) is 16.1 Å². The molecule has 0 fully saturated rings. The summed E-state index contributed by atoms with van der Waals surface area (Å²) in [6, 6.07) is 7.09. The van der Waals surface area contributed by atoms with E-state index in [0.717, 1.165) is 11.7 Å². The summed E-state index contributed by atoms with van der Waals surface area (Å²) in [5.41, 5.74) is 1.23. The van der Waals surface area contributed by atoms with Crippen molar-refractivity contribution in [1.82, 2.24) is 4.98 Å². The van der Waals surface area contributed by atoms with Crippen LogP contribution in [0.4, 0.5) is 0 Å². The molecule has 1 aromatic carbocycles. The predicted octanol–water partition coefficient (Wildman–Crippen LogP) is 2.70. The molecule has 1 aromatic heterocycles. The fourth-order valence-electron chi connectivity index (χ4n) is 1.27. The summed E-state index contributed by atoms with van der Waals surface area (Å²) in [4.78, 5) is 14.8.